The SMILES string of the molecule is NCCc1nc(-c2ccc(OCc3ccccc3)c([N+](=O)[O-])c2)cs1. The lowest BCUT2D eigenvalue weighted by Crippen LogP contribution is -2.02. The molecule has 1 aromatic heterocycles. The summed E-state index contributed by atoms with van der Waals surface area (Å²) in [4.78, 5) is 15.5. The second kappa shape index (κ2) is 7.87. The first-order valence-corrected chi connectivity index (χ1v) is 8.65. The van der Waals surface area contributed by atoms with Crippen LogP contribution in [0.2, 0.25) is 0 Å². The molecule has 3 aromatic rings. The maximum absolute atomic E-state index is 11.4. The highest BCUT2D eigenvalue weighted by Gasteiger charge is 2.18. The molecule has 0 fully saturated rings. The summed E-state index contributed by atoms with van der Waals surface area (Å²) in [6.45, 7) is 0.803. The Kier molecular flexibility index (Phi) is 5.37. The molecule has 1 heterocycles. The Hall–Kier alpha value is -2.77. The van der Waals surface area contributed by atoms with Crippen molar-refractivity contribution in [3.8, 4) is 17.0 Å². The van der Waals surface area contributed by atoms with Crippen molar-refractivity contribution in [3.05, 3.63) is 74.6 Å². The van der Waals surface area contributed by atoms with Crippen molar-refractivity contribution in [3.63, 3.8) is 0 Å². The number of nitrogens with zero attached hydrogens (tertiary/aromatic N) is 2. The average molecular weight is 355 g/mol. The van der Waals surface area contributed by atoms with Crippen molar-refractivity contribution >= 4 is 17.0 Å². The van der Waals surface area contributed by atoms with Gasteiger partial charge in [-0.05, 0) is 24.2 Å². The molecule has 0 radical (unpaired) electrons. The van der Waals surface area contributed by atoms with E-state index in [1.165, 1.54) is 17.4 Å². The van der Waals surface area contributed by atoms with E-state index < -0.39 is 4.92 Å². The summed E-state index contributed by atoms with van der Waals surface area (Å²) in [5.41, 5.74) is 7.82. The molecule has 0 amide bonds. The molecule has 0 aliphatic rings. The average Bonchev–Trinajstić information content (AvgIpc) is 3.09. The molecule has 25 heavy (non-hydrogen) atoms. The van der Waals surface area contributed by atoms with Gasteiger partial charge in [-0.15, -0.1) is 11.3 Å². The van der Waals surface area contributed by atoms with Gasteiger partial charge < -0.3 is 10.5 Å². The van der Waals surface area contributed by atoms with Crippen molar-refractivity contribution < 1.29 is 9.66 Å². The monoisotopic (exact) mass is 355 g/mol. The minimum atomic E-state index is -0.434. The van der Waals surface area contributed by atoms with Gasteiger partial charge in [0.25, 0.3) is 0 Å². The van der Waals surface area contributed by atoms with Crippen LogP contribution in [0.15, 0.2) is 53.9 Å². The molecule has 3 rings (SSSR count). The van der Waals surface area contributed by atoms with E-state index >= 15 is 0 Å². The van der Waals surface area contributed by atoms with Crippen LogP contribution in [0.25, 0.3) is 11.3 Å². The summed E-state index contributed by atoms with van der Waals surface area (Å²) < 4.78 is 5.64. The van der Waals surface area contributed by atoms with Crippen molar-refractivity contribution in [1.29, 1.82) is 0 Å². The minimum absolute atomic E-state index is 0.0678. The summed E-state index contributed by atoms with van der Waals surface area (Å²) in [6, 6.07) is 14.4. The van der Waals surface area contributed by atoms with E-state index in [0.717, 1.165) is 10.6 Å². The number of hydrogen-bond donors (Lipinski definition) is 1. The molecule has 0 saturated carbocycles. The number of aromatic nitrogens is 1. The van der Waals surface area contributed by atoms with Gasteiger partial charge in [0.2, 0.25) is 0 Å². The highest BCUT2D eigenvalue weighted by molar-refractivity contribution is 7.09. The first kappa shape index (κ1) is 17.1. The Balaban J connectivity index is 1.83. The van der Waals surface area contributed by atoms with E-state index in [4.69, 9.17) is 10.5 Å². The van der Waals surface area contributed by atoms with Crippen LogP contribution in [0.4, 0.5) is 5.69 Å². The molecule has 0 aliphatic heterocycles. The van der Waals surface area contributed by atoms with Crippen LogP contribution in [-0.4, -0.2) is 16.5 Å². The molecule has 2 aromatic carbocycles. The number of thiazole rings is 1. The third kappa shape index (κ3) is 4.20. The molecule has 0 saturated heterocycles. The van der Waals surface area contributed by atoms with Crippen LogP contribution < -0.4 is 10.5 Å². The smallest absolute Gasteiger partial charge is 0.311 e. The molecule has 128 valence electrons. The number of ether oxygens (including phenoxy) is 1. The zero-order chi connectivity index (χ0) is 17.6. The maximum Gasteiger partial charge on any atom is 0.311 e. The van der Waals surface area contributed by atoms with Crippen molar-refractivity contribution in [1.82, 2.24) is 4.98 Å². The zero-order valence-electron chi connectivity index (χ0n) is 13.4. The Labute approximate surface area is 149 Å². The predicted molar refractivity (Wildman–Crippen MR) is 97.7 cm³/mol. The summed E-state index contributed by atoms with van der Waals surface area (Å²) in [5, 5.41) is 14.2. The van der Waals surface area contributed by atoms with E-state index in [2.05, 4.69) is 4.98 Å². The van der Waals surface area contributed by atoms with Gasteiger partial charge in [0.1, 0.15) is 6.61 Å². The van der Waals surface area contributed by atoms with Crippen LogP contribution in [0, 0.1) is 10.1 Å². The van der Waals surface area contributed by atoms with E-state index in [1.54, 1.807) is 12.1 Å². The quantitative estimate of drug-likeness (QED) is 0.514. The summed E-state index contributed by atoms with van der Waals surface area (Å²) in [6.07, 6.45) is 0.699. The van der Waals surface area contributed by atoms with Gasteiger partial charge in [0.15, 0.2) is 5.75 Å². The largest absolute Gasteiger partial charge is 0.482 e. The van der Waals surface area contributed by atoms with Gasteiger partial charge in [-0.25, -0.2) is 4.98 Å². The number of nitro benzene ring substituents is 1. The van der Waals surface area contributed by atoms with Crippen LogP contribution >= 0.6 is 11.3 Å². The molecule has 0 aliphatic carbocycles. The maximum atomic E-state index is 11.4. The molecular weight excluding hydrogens is 338 g/mol. The van der Waals surface area contributed by atoms with Crippen LogP contribution in [0.5, 0.6) is 5.75 Å². The van der Waals surface area contributed by atoms with Crippen molar-refractivity contribution in [2.24, 2.45) is 5.73 Å². The topological polar surface area (TPSA) is 91.3 Å². The van der Waals surface area contributed by atoms with Gasteiger partial charge in [0.05, 0.1) is 15.6 Å². The molecule has 0 atom stereocenters. The van der Waals surface area contributed by atoms with Crippen LogP contribution in [0.3, 0.4) is 0 Å². The standard InChI is InChI=1S/C18H17N3O3S/c19-9-8-18-20-15(12-25-18)14-6-7-17(16(10-14)21(22)23)24-11-13-4-2-1-3-5-13/h1-7,10,12H,8-9,11,19H2. The highest BCUT2D eigenvalue weighted by Crippen LogP contribution is 2.33. The second-order valence-electron chi connectivity index (χ2n) is 5.38. The van der Waals surface area contributed by atoms with Gasteiger partial charge in [-0.2, -0.15) is 0 Å². The lowest BCUT2D eigenvalue weighted by molar-refractivity contribution is -0.385. The van der Waals surface area contributed by atoms with E-state index in [9.17, 15) is 10.1 Å². The Morgan fingerprint density at radius 3 is 2.72 bits per heavy atom. The molecule has 2 N–H and O–H groups in total. The fourth-order valence-corrected chi connectivity index (χ4v) is 3.18. The molecule has 0 bridgehead atoms. The lowest BCUT2D eigenvalue weighted by Gasteiger charge is -2.08. The molecular formula is C18H17N3O3S. The number of benzene rings is 2. The van der Waals surface area contributed by atoms with Gasteiger partial charge >= 0.3 is 5.69 Å². The third-order valence-electron chi connectivity index (χ3n) is 3.60. The number of nitrogens with two attached hydrogens (primary N) is 1. The third-order valence-corrected chi connectivity index (χ3v) is 4.51. The van der Waals surface area contributed by atoms with Gasteiger partial charge in [-0.3, -0.25) is 10.1 Å². The lowest BCUT2D eigenvalue weighted by atomic mass is 10.1. The van der Waals surface area contributed by atoms with Crippen LogP contribution in [0.1, 0.15) is 10.6 Å². The fourth-order valence-electron chi connectivity index (χ4n) is 2.36. The number of nitro groups is 1. The van der Waals surface area contributed by atoms with E-state index in [-0.39, 0.29) is 18.0 Å². The Morgan fingerprint density at radius 2 is 2.00 bits per heavy atom. The second-order valence-corrected chi connectivity index (χ2v) is 6.32. The van der Waals surface area contributed by atoms with Crippen molar-refractivity contribution in [2.45, 2.75) is 13.0 Å². The summed E-state index contributed by atoms with van der Waals surface area (Å²) >= 11 is 1.50. The summed E-state index contributed by atoms with van der Waals surface area (Å²) in [7, 11) is 0. The molecule has 0 spiro atoms. The fraction of sp³-hybridized carbons (Fsp3) is 0.167. The van der Waals surface area contributed by atoms with Crippen LogP contribution in [-0.2, 0) is 13.0 Å². The first-order chi connectivity index (χ1) is 12.2. The normalized spacial score (nSPS) is 10.6. The number of rotatable bonds is 7. The minimum Gasteiger partial charge on any atom is -0.482 e. The van der Waals surface area contributed by atoms with E-state index in [1.807, 2.05) is 35.7 Å². The van der Waals surface area contributed by atoms with Gasteiger partial charge in [-0.1, -0.05) is 30.3 Å². The Morgan fingerprint density at radius 1 is 1.20 bits per heavy atom. The Bertz CT molecular complexity index is 865. The van der Waals surface area contributed by atoms with Gasteiger partial charge in [0, 0.05) is 23.4 Å². The molecule has 0 unspecified atom stereocenters. The number of hydrogen-bond acceptors (Lipinski definition) is 6. The molecule has 7 heteroatoms. The van der Waals surface area contributed by atoms with Crippen molar-refractivity contribution in [2.75, 3.05) is 6.54 Å². The highest BCUT2D eigenvalue weighted by atomic mass is 32.1. The molecule has 6 nitrogen and oxygen atoms in total. The summed E-state index contributed by atoms with van der Waals surface area (Å²) in [5.74, 6) is 0.245. The predicted octanol–water partition coefficient (Wildman–Crippen LogP) is 3.80. The zero-order valence-corrected chi connectivity index (χ0v) is 14.2. The first-order valence-electron chi connectivity index (χ1n) is 7.77. The van der Waals surface area contributed by atoms with E-state index in [0.29, 0.717) is 24.2 Å².